The Morgan fingerprint density at radius 1 is 1.24 bits per heavy atom. The van der Waals surface area contributed by atoms with Gasteiger partial charge in [-0.3, -0.25) is 0 Å². The second kappa shape index (κ2) is 8.52. The van der Waals surface area contributed by atoms with Gasteiger partial charge in [0.1, 0.15) is 11.5 Å². The molecule has 0 fully saturated rings. The molecular formula is C16H25NO4. The van der Waals surface area contributed by atoms with E-state index in [9.17, 15) is 4.79 Å². The summed E-state index contributed by atoms with van der Waals surface area (Å²) in [7, 11) is 1.62. The van der Waals surface area contributed by atoms with Crippen LogP contribution in [0.1, 0.15) is 33.3 Å². The molecule has 0 amide bonds. The van der Waals surface area contributed by atoms with E-state index in [4.69, 9.17) is 14.2 Å². The van der Waals surface area contributed by atoms with E-state index in [1.54, 1.807) is 13.2 Å². The number of benzene rings is 1. The molecule has 0 aromatic heterocycles. The van der Waals surface area contributed by atoms with Gasteiger partial charge < -0.3 is 19.5 Å². The minimum Gasteiger partial charge on any atom is -0.497 e. The van der Waals surface area contributed by atoms with Crippen LogP contribution in [0.5, 0.6) is 11.5 Å². The highest BCUT2D eigenvalue weighted by molar-refractivity contribution is 5.71. The van der Waals surface area contributed by atoms with Gasteiger partial charge in [0, 0.05) is 18.2 Å². The van der Waals surface area contributed by atoms with E-state index >= 15 is 0 Å². The lowest BCUT2D eigenvalue weighted by Gasteiger charge is -2.15. The maximum Gasteiger partial charge on any atom is 0.344 e. The second-order valence-electron chi connectivity index (χ2n) is 5.34. The van der Waals surface area contributed by atoms with Gasteiger partial charge in [0.25, 0.3) is 0 Å². The molecule has 21 heavy (non-hydrogen) atoms. The third-order valence-electron chi connectivity index (χ3n) is 2.68. The summed E-state index contributed by atoms with van der Waals surface area (Å²) >= 11 is 0. The number of carbonyl (C=O) groups excluding carboxylic acids is 1. The van der Waals surface area contributed by atoms with Crippen LogP contribution in [0.2, 0.25) is 0 Å². The number of nitrogens with one attached hydrogen (secondary N) is 1. The standard InChI is InChI=1S/C16H25NO4/c1-11(2)17-9-13-8-14(19-5)6-7-15(13)20-10-16(18)21-12(3)4/h6-8,11-12,17H,9-10H2,1-5H3. The first kappa shape index (κ1) is 17.3. The van der Waals surface area contributed by atoms with Gasteiger partial charge in [-0.15, -0.1) is 0 Å². The minimum atomic E-state index is -0.372. The molecule has 0 bridgehead atoms. The van der Waals surface area contributed by atoms with Crippen LogP contribution < -0.4 is 14.8 Å². The van der Waals surface area contributed by atoms with Crippen molar-refractivity contribution in [2.24, 2.45) is 0 Å². The highest BCUT2D eigenvalue weighted by atomic mass is 16.6. The van der Waals surface area contributed by atoms with Crippen molar-refractivity contribution < 1.29 is 19.0 Å². The summed E-state index contributed by atoms with van der Waals surface area (Å²) in [6.07, 6.45) is -0.140. The molecule has 118 valence electrons. The average molecular weight is 295 g/mol. The molecule has 1 rings (SSSR count). The van der Waals surface area contributed by atoms with Gasteiger partial charge in [-0.05, 0) is 32.0 Å². The largest absolute Gasteiger partial charge is 0.497 e. The lowest BCUT2D eigenvalue weighted by Crippen LogP contribution is -2.23. The van der Waals surface area contributed by atoms with Crippen LogP contribution in [0.4, 0.5) is 0 Å². The molecule has 0 atom stereocenters. The summed E-state index contributed by atoms with van der Waals surface area (Å²) in [6, 6.07) is 5.87. The molecule has 1 aromatic carbocycles. The fourth-order valence-corrected chi connectivity index (χ4v) is 1.71. The molecular weight excluding hydrogens is 270 g/mol. The van der Waals surface area contributed by atoms with Gasteiger partial charge in [-0.25, -0.2) is 4.79 Å². The maximum absolute atomic E-state index is 11.5. The number of carbonyl (C=O) groups is 1. The molecule has 1 aromatic rings. The Bertz CT molecular complexity index is 458. The highest BCUT2D eigenvalue weighted by Gasteiger charge is 2.10. The number of hydrogen-bond acceptors (Lipinski definition) is 5. The van der Waals surface area contributed by atoms with E-state index in [-0.39, 0.29) is 18.7 Å². The molecule has 0 aliphatic carbocycles. The Hall–Kier alpha value is -1.75. The van der Waals surface area contributed by atoms with Crippen LogP contribution in [0.3, 0.4) is 0 Å². The Balaban J connectivity index is 2.72. The Labute approximate surface area is 126 Å². The molecule has 0 saturated carbocycles. The zero-order valence-electron chi connectivity index (χ0n) is 13.4. The monoisotopic (exact) mass is 295 g/mol. The van der Waals surface area contributed by atoms with Crippen molar-refractivity contribution in [3.05, 3.63) is 23.8 Å². The number of esters is 1. The van der Waals surface area contributed by atoms with Gasteiger partial charge >= 0.3 is 5.97 Å². The van der Waals surface area contributed by atoms with Crippen LogP contribution in [0.25, 0.3) is 0 Å². The third kappa shape index (κ3) is 6.49. The van der Waals surface area contributed by atoms with Crippen molar-refractivity contribution in [2.75, 3.05) is 13.7 Å². The zero-order chi connectivity index (χ0) is 15.8. The number of hydrogen-bond donors (Lipinski definition) is 1. The number of ether oxygens (including phenoxy) is 3. The first-order chi connectivity index (χ1) is 9.92. The zero-order valence-corrected chi connectivity index (χ0v) is 13.4. The van der Waals surface area contributed by atoms with Gasteiger partial charge in [-0.2, -0.15) is 0 Å². The van der Waals surface area contributed by atoms with Crippen molar-refractivity contribution in [1.82, 2.24) is 5.32 Å². The molecule has 0 aliphatic rings. The Kier molecular flexibility index (Phi) is 7.02. The minimum absolute atomic E-state index is 0.0980. The molecule has 0 saturated heterocycles. The molecule has 0 radical (unpaired) electrons. The van der Waals surface area contributed by atoms with Crippen molar-refractivity contribution in [2.45, 2.75) is 46.4 Å². The fraction of sp³-hybridized carbons (Fsp3) is 0.562. The van der Waals surface area contributed by atoms with Crippen molar-refractivity contribution >= 4 is 5.97 Å². The fourth-order valence-electron chi connectivity index (χ4n) is 1.71. The molecule has 0 heterocycles. The topological polar surface area (TPSA) is 56.8 Å². The van der Waals surface area contributed by atoms with Crippen LogP contribution in [-0.2, 0) is 16.1 Å². The lowest BCUT2D eigenvalue weighted by molar-refractivity contribution is -0.149. The predicted molar refractivity (Wildman–Crippen MR) is 81.7 cm³/mol. The van der Waals surface area contributed by atoms with E-state index in [1.807, 2.05) is 26.0 Å². The molecule has 5 nitrogen and oxygen atoms in total. The van der Waals surface area contributed by atoms with Crippen LogP contribution in [-0.4, -0.2) is 31.8 Å². The van der Waals surface area contributed by atoms with Crippen LogP contribution in [0, 0.1) is 0 Å². The summed E-state index contributed by atoms with van der Waals surface area (Å²) < 4.78 is 15.8. The van der Waals surface area contributed by atoms with Crippen LogP contribution in [0.15, 0.2) is 18.2 Å². The average Bonchev–Trinajstić information content (AvgIpc) is 2.42. The second-order valence-corrected chi connectivity index (χ2v) is 5.34. The van der Waals surface area contributed by atoms with Gasteiger partial charge in [-0.1, -0.05) is 13.8 Å². The Morgan fingerprint density at radius 3 is 2.52 bits per heavy atom. The van der Waals surface area contributed by atoms with Gasteiger partial charge in [0.15, 0.2) is 6.61 Å². The summed E-state index contributed by atoms with van der Waals surface area (Å²) in [5, 5.41) is 3.32. The van der Waals surface area contributed by atoms with Gasteiger partial charge in [0.2, 0.25) is 0 Å². The Morgan fingerprint density at radius 2 is 1.95 bits per heavy atom. The van der Waals surface area contributed by atoms with Gasteiger partial charge in [0.05, 0.1) is 13.2 Å². The summed E-state index contributed by atoms with van der Waals surface area (Å²) in [6.45, 7) is 8.30. The number of methoxy groups -OCH3 is 1. The summed E-state index contributed by atoms with van der Waals surface area (Å²) in [5.41, 5.74) is 0.945. The first-order valence-electron chi connectivity index (χ1n) is 7.15. The van der Waals surface area contributed by atoms with Crippen LogP contribution >= 0.6 is 0 Å². The maximum atomic E-state index is 11.5. The van der Waals surface area contributed by atoms with E-state index in [0.29, 0.717) is 18.3 Å². The SMILES string of the molecule is COc1ccc(OCC(=O)OC(C)C)c(CNC(C)C)c1. The summed E-state index contributed by atoms with van der Waals surface area (Å²) in [5.74, 6) is 1.04. The van der Waals surface area contributed by atoms with E-state index < -0.39 is 0 Å². The number of rotatable bonds is 8. The smallest absolute Gasteiger partial charge is 0.344 e. The molecule has 1 N–H and O–H groups in total. The van der Waals surface area contributed by atoms with E-state index in [2.05, 4.69) is 19.2 Å². The normalized spacial score (nSPS) is 10.8. The lowest BCUT2D eigenvalue weighted by atomic mass is 10.1. The highest BCUT2D eigenvalue weighted by Crippen LogP contribution is 2.24. The molecule has 0 unspecified atom stereocenters. The quantitative estimate of drug-likeness (QED) is 0.747. The summed E-state index contributed by atoms with van der Waals surface area (Å²) in [4.78, 5) is 11.5. The molecule has 5 heteroatoms. The predicted octanol–water partition coefficient (Wildman–Crippen LogP) is 2.52. The van der Waals surface area contributed by atoms with Crippen molar-refractivity contribution in [3.8, 4) is 11.5 Å². The molecule has 0 spiro atoms. The third-order valence-corrected chi connectivity index (χ3v) is 2.68. The van der Waals surface area contributed by atoms with E-state index in [1.165, 1.54) is 0 Å². The first-order valence-corrected chi connectivity index (χ1v) is 7.15. The van der Waals surface area contributed by atoms with E-state index in [0.717, 1.165) is 11.3 Å². The van der Waals surface area contributed by atoms with Crippen molar-refractivity contribution in [3.63, 3.8) is 0 Å². The van der Waals surface area contributed by atoms with Crippen molar-refractivity contribution in [1.29, 1.82) is 0 Å². The molecule has 0 aliphatic heterocycles.